The molecule has 0 saturated heterocycles. The maximum atomic E-state index is 6.11. The molecule has 0 spiro atoms. The van der Waals surface area contributed by atoms with Gasteiger partial charge in [0.05, 0.1) is 10.7 Å². The molecule has 0 radical (unpaired) electrons. The Morgan fingerprint density at radius 1 is 1.33 bits per heavy atom. The van der Waals surface area contributed by atoms with Crippen molar-refractivity contribution in [3.63, 3.8) is 0 Å². The van der Waals surface area contributed by atoms with Gasteiger partial charge < -0.3 is 0 Å². The van der Waals surface area contributed by atoms with E-state index in [2.05, 4.69) is 15.1 Å². The molecule has 0 aliphatic carbocycles. The van der Waals surface area contributed by atoms with Crippen molar-refractivity contribution >= 4 is 44.8 Å². The summed E-state index contributed by atoms with van der Waals surface area (Å²) < 4.78 is 1.71. The molecular weight excluding hydrogens is 291 g/mol. The summed E-state index contributed by atoms with van der Waals surface area (Å²) in [6, 6.07) is 1.92. The number of rotatable bonds is 2. The van der Waals surface area contributed by atoms with Crippen molar-refractivity contribution in [2.45, 2.75) is 13.5 Å². The van der Waals surface area contributed by atoms with E-state index in [-0.39, 0.29) is 0 Å². The van der Waals surface area contributed by atoms with Crippen LogP contribution in [0.2, 0.25) is 10.2 Å². The van der Waals surface area contributed by atoms with Crippen LogP contribution in [0, 0.1) is 6.92 Å². The summed E-state index contributed by atoms with van der Waals surface area (Å²) in [4.78, 5) is 9.60. The first-order chi connectivity index (χ1) is 8.63. The van der Waals surface area contributed by atoms with Gasteiger partial charge in [0.1, 0.15) is 16.5 Å². The second-order valence-corrected chi connectivity index (χ2v) is 5.49. The molecule has 0 aromatic carbocycles. The monoisotopic (exact) mass is 298 g/mol. The van der Waals surface area contributed by atoms with Crippen molar-refractivity contribution in [3.8, 4) is 0 Å². The van der Waals surface area contributed by atoms with Crippen molar-refractivity contribution in [3.05, 3.63) is 39.3 Å². The lowest BCUT2D eigenvalue weighted by Crippen LogP contribution is -2.05. The van der Waals surface area contributed by atoms with Crippen LogP contribution in [0.3, 0.4) is 0 Å². The second-order valence-electron chi connectivity index (χ2n) is 3.83. The SMILES string of the molecule is Cc1nn(Cc2nc(Cl)c3ccsc3n2)cc1Cl. The van der Waals surface area contributed by atoms with Gasteiger partial charge in [0.15, 0.2) is 5.82 Å². The van der Waals surface area contributed by atoms with Gasteiger partial charge in [-0.05, 0) is 18.4 Å². The molecule has 0 bridgehead atoms. The smallest absolute Gasteiger partial charge is 0.153 e. The Hall–Kier alpha value is -1.17. The minimum absolute atomic E-state index is 0.459. The van der Waals surface area contributed by atoms with E-state index in [9.17, 15) is 0 Å². The Balaban J connectivity index is 1.99. The van der Waals surface area contributed by atoms with Crippen LogP contribution in [0.5, 0.6) is 0 Å². The van der Waals surface area contributed by atoms with Crippen LogP contribution >= 0.6 is 34.5 Å². The Labute approximate surface area is 117 Å². The van der Waals surface area contributed by atoms with Crippen LogP contribution in [0.15, 0.2) is 17.6 Å². The van der Waals surface area contributed by atoms with E-state index in [4.69, 9.17) is 23.2 Å². The fourth-order valence-electron chi connectivity index (χ4n) is 1.65. The van der Waals surface area contributed by atoms with Gasteiger partial charge in [-0.2, -0.15) is 5.10 Å². The van der Waals surface area contributed by atoms with E-state index >= 15 is 0 Å². The third-order valence-corrected chi connectivity index (χ3v) is 3.98. The largest absolute Gasteiger partial charge is 0.263 e. The Kier molecular flexibility index (Phi) is 2.97. The third kappa shape index (κ3) is 2.09. The van der Waals surface area contributed by atoms with Crippen LogP contribution < -0.4 is 0 Å². The summed E-state index contributed by atoms with van der Waals surface area (Å²) in [5, 5.41) is 8.22. The van der Waals surface area contributed by atoms with Crippen molar-refractivity contribution in [1.29, 1.82) is 0 Å². The lowest BCUT2D eigenvalue weighted by Gasteiger charge is -2.01. The molecule has 18 heavy (non-hydrogen) atoms. The van der Waals surface area contributed by atoms with Gasteiger partial charge in [-0.3, -0.25) is 4.68 Å². The number of fused-ring (bicyclic) bond motifs is 1. The number of thiophene rings is 1. The minimum Gasteiger partial charge on any atom is -0.263 e. The first kappa shape index (κ1) is 11.9. The Morgan fingerprint density at radius 3 is 2.89 bits per heavy atom. The predicted molar refractivity (Wildman–Crippen MR) is 73.5 cm³/mol. The summed E-state index contributed by atoms with van der Waals surface area (Å²) >= 11 is 13.6. The molecule has 3 heterocycles. The molecule has 4 nitrogen and oxygen atoms in total. The van der Waals surface area contributed by atoms with Crippen molar-refractivity contribution in [2.75, 3.05) is 0 Å². The Bertz CT molecular complexity index is 699. The van der Waals surface area contributed by atoms with E-state index in [1.165, 1.54) is 0 Å². The van der Waals surface area contributed by atoms with E-state index in [1.54, 1.807) is 22.2 Å². The van der Waals surface area contributed by atoms with Gasteiger partial charge in [-0.25, -0.2) is 9.97 Å². The van der Waals surface area contributed by atoms with Crippen LogP contribution in [0.1, 0.15) is 11.5 Å². The molecule has 0 aliphatic rings. The molecule has 3 aromatic rings. The molecule has 0 unspecified atom stereocenters. The highest BCUT2D eigenvalue weighted by atomic mass is 35.5. The van der Waals surface area contributed by atoms with Crippen LogP contribution in [-0.2, 0) is 6.54 Å². The molecular formula is C11H8Cl2N4S. The van der Waals surface area contributed by atoms with Crippen molar-refractivity contribution < 1.29 is 0 Å². The molecule has 0 fully saturated rings. The summed E-state index contributed by atoms with van der Waals surface area (Å²) in [5.41, 5.74) is 0.792. The highest BCUT2D eigenvalue weighted by Gasteiger charge is 2.09. The fraction of sp³-hybridized carbons (Fsp3) is 0.182. The van der Waals surface area contributed by atoms with Gasteiger partial charge in [0.2, 0.25) is 0 Å². The Morgan fingerprint density at radius 2 is 2.17 bits per heavy atom. The number of hydrogen-bond acceptors (Lipinski definition) is 4. The molecule has 92 valence electrons. The maximum absolute atomic E-state index is 6.11. The molecule has 3 rings (SSSR count). The first-order valence-corrected chi connectivity index (χ1v) is 6.86. The lowest BCUT2D eigenvalue weighted by atomic mass is 10.4. The zero-order valence-electron chi connectivity index (χ0n) is 9.39. The average molecular weight is 299 g/mol. The topological polar surface area (TPSA) is 43.6 Å². The first-order valence-electron chi connectivity index (χ1n) is 5.22. The summed E-state index contributed by atoms with van der Waals surface area (Å²) in [7, 11) is 0. The molecule has 7 heteroatoms. The van der Waals surface area contributed by atoms with Crippen molar-refractivity contribution in [2.24, 2.45) is 0 Å². The predicted octanol–water partition coefficient (Wildman–Crippen LogP) is 3.55. The van der Waals surface area contributed by atoms with Crippen molar-refractivity contribution in [1.82, 2.24) is 19.7 Å². The maximum Gasteiger partial charge on any atom is 0.153 e. The van der Waals surface area contributed by atoms with E-state index in [0.29, 0.717) is 22.5 Å². The highest BCUT2D eigenvalue weighted by Crippen LogP contribution is 2.25. The van der Waals surface area contributed by atoms with Crippen LogP contribution in [-0.4, -0.2) is 19.7 Å². The zero-order valence-corrected chi connectivity index (χ0v) is 11.7. The highest BCUT2D eigenvalue weighted by molar-refractivity contribution is 7.16. The molecule has 0 aliphatic heterocycles. The number of nitrogens with zero attached hydrogens (tertiary/aromatic N) is 4. The average Bonchev–Trinajstić information content (AvgIpc) is 2.87. The van der Waals surface area contributed by atoms with Crippen LogP contribution in [0.4, 0.5) is 0 Å². The summed E-state index contributed by atoms with van der Waals surface area (Å²) in [6.45, 7) is 2.32. The van der Waals surface area contributed by atoms with E-state index in [1.807, 2.05) is 18.4 Å². The van der Waals surface area contributed by atoms with Gasteiger partial charge in [-0.15, -0.1) is 11.3 Å². The number of aromatic nitrogens is 4. The fourth-order valence-corrected chi connectivity index (χ4v) is 2.89. The summed E-state index contributed by atoms with van der Waals surface area (Å²) in [6.07, 6.45) is 1.76. The molecule has 0 atom stereocenters. The number of hydrogen-bond donors (Lipinski definition) is 0. The van der Waals surface area contributed by atoms with E-state index in [0.717, 1.165) is 15.9 Å². The number of aryl methyl sites for hydroxylation is 1. The second kappa shape index (κ2) is 4.50. The minimum atomic E-state index is 0.459. The molecule has 0 amide bonds. The van der Waals surface area contributed by atoms with Gasteiger partial charge in [0.25, 0.3) is 0 Å². The van der Waals surface area contributed by atoms with Gasteiger partial charge in [0, 0.05) is 11.6 Å². The van der Waals surface area contributed by atoms with Crippen LogP contribution in [0.25, 0.3) is 10.2 Å². The molecule has 0 saturated carbocycles. The van der Waals surface area contributed by atoms with Gasteiger partial charge in [-0.1, -0.05) is 23.2 Å². The third-order valence-electron chi connectivity index (χ3n) is 2.51. The van der Waals surface area contributed by atoms with E-state index < -0.39 is 0 Å². The molecule has 0 N–H and O–H groups in total. The zero-order chi connectivity index (χ0) is 12.7. The summed E-state index contributed by atoms with van der Waals surface area (Å²) in [5.74, 6) is 0.633. The normalized spacial score (nSPS) is 11.3. The quantitative estimate of drug-likeness (QED) is 0.680. The number of halogens is 2. The lowest BCUT2D eigenvalue weighted by molar-refractivity contribution is 0.652. The molecule has 3 aromatic heterocycles. The van der Waals surface area contributed by atoms with Gasteiger partial charge >= 0.3 is 0 Å². The standard InChI is InChI=1S/C11H8Cl2N4S/c1-6-8(12)4-17(16-6)5-9-14-10(13)7-2-3-18-11(7)15-9/h2-4H,5H2,1H3.